The Labute approximate surface area is 164 Å². The highest BCUT2D eigenvalue weighted by molar-refractivity contribution is 8.16. The van der Waals surface area contributed by atoms with Gasteiger partial charge in [-0.1, -0.05) is 30.0 Å². The van der Waals surface area contributed by atoms with Crippen LogP contribution in [0.1, 0.15) is 5.56 Å². The Bertz CT molecular complexity index is 956. The van der Waals surface area contributed by atoms with Gasteiger partial charge in [-0.3, -0.25) is 14.4 Å². The molecule has 3 aliphatic rings. The van der Waals surface area contributed by atoms with Crippen LogP contribution in [0.2, 0.25) is 0 Å². The molecule has 0 fully saturated rings. The lowest BCUT2D eigenvalue weighted by Crippen LogP contribution is -2.54. The molecule has 0 spiro atoms. The molecule has 0 saturated carbocycles. The summed E-state index contributed by atoms with van der Waals surface area (Å²) in [5.41, 5.74) is 7.84. The molecule has 2 atom stereocenters. The first-order chi connectivity index (χ1) is 12.9. The van der Waals surface area contributed by atoms with Crippen LogP contribution in [0.5, 0.6) is 0 Å². The minimum atomic E-state index is -0.796. The van der Waals surface area contributed by atoms with Gasteiger partial charge in [0.25, 0.3) is 5.91 Å². The highest BCUT2D eigenvalue weighted by Gasteiger charge is 2.35. The van der Waals surface area contributed by atoms with Gasteiger partial charge in [0.05, 0.1) is 0 Å². The van der Waals surface area contributed by atoms with E-state index >= 15 is 0 Å². The lowest BCUT2D eigenvalue weighted by atomic mass is 9.97. The smallest absolute Gasteiger partial charge is 0.270 e. The summed E-state index contributed by atoms with van der Waals surface area (Å²) in [5, 5.41) is 3.43. The van der Waals surface area contributed by atoms with Crippen LogP contribution in [0.25, 0.3) is 0 Å². The van der Waals surface area contributed by atoms with Crippen LogP contribution in [0, 0.1) is 0 Å². The molecule has 0 saturated heterocycles. The third-order valence-electron chi connectivity index (χ3n) is 4.42. The Morgan fingerprint density at radius 3 is 2.89 bits per heavy atom. The molecule has 0 unspecified atom stereocenters. The summed E-state index contributed by atoms with van der Waals surface area (Å²) < 4.78 is -0.182. The van der Waals surface area contributed by atoms with Gasteiger partial charge in [-0.05, 0) is 23.8 Å². The second-order valence-electron chi connectivity index (χ2n) is 6.29. The van der Waals surface area contributed by atoms with Gasteiger partial charge in [0, 0.05) is 17.7 Å². The van der Waals surface area contributed by atoms with Crippen molar-refractivity contribution in [3.05, 3.63) is 53.3 Å². The molecular weight excluding hydrogens is 388 g/mol. The number of halogens is 1. The largest absolute Gasteiger partial charge is 0.368 e. The monoisotopic (exact) mass is 402 g/mol. The number of carbonyl (C=O) groups is 3. The van der Waals surface area contributed by atoms with Gasteiger partial charge in [0.15, 0.2) is 0 Å². The van der Waals surface area contributed by atoms with Crippen molar-refractivity contribution in [3.8, 4) is 0 Å². The van der Waals surface area contributed by atoms with Crippen molar-refractivity contribution in [2.75, 3.05) is 11.4 Å². The third-order valence-corrected chi connectivity index (χ3v) is 5.72. The number of anilines is 1. The summed E-state index contributed by atoms with van der Waals surface area (Å²) in [6, 6.07) is 6.45. The number of carbonyl (C=O) groups excluding carboxylic acids is 3. The van der Waals surface area contributed by atoms with E-state index in [4.69, 9.17) is 17.3 Å². The number of nitrogens with two attached hydrogens (primary N) is 1. The number of primary amides is 1. The van der Waals surface area contributed by atoms with Crippen LogP contribution in [-0.2, 0) is 20.8 Å². The molecule has 1 aromatic carbocycles. The zero-order valence-corrected chi connectivity index (χ0v) is 15.6. The molecule has 0 aliphatic carbocycles. The lowest BCUT2D eigenvalue weighted by Gasteiger charge is -2.33. The predicted molar refractivity (Wildman–Crippen MR) is 104 cm³/mol. The van der Waals surface area contributed by atoms with Crippen molar-refractivity contribution in [1.29, 1.82) is 0 Å². The molecule has 1 aromatic rings. The number of nitrogens with zero attached hydrogens (tertiary/aromatic N) is 2. The van der Waals surface area contributed by atoms with Crippen molar-refractivity contribution in [2.45, 2.75) is 17.2 Å². The summed E-state index contributed by atoms with van der Waals surface area (Å²) in [7, 11) is 0. The number of fused-ring (bicyclic) bond motifs is 2. The number of rotatable bonds is 4. The SMILES string of the molecule is NC(=O)CN1C(=O)[C@@H](NC(=O)C2=CC3=C[C@H](Cl)SC3=N2)Cc2ccccc21. The number of thioether (sulfide) groups is 1. The number of allylic oxidation sites excluding steroid dienone is 1. The fourth-order valence-corrected chi connectivity index (χ4v) is 4.48. The molecule has 0 bridgehead atoms. The van der Waals surface area contributed by atoms with E-state index in [9.17, 15) is 14.4 Å². The van der Waals surface area contributed by atoms with Crippen LogP contribution in [0.3, 0.4) is 0 Å². The Kier molecular flexibility index (Phi) is 4.53. The van der Waals surface area contributed by atoms with E-state index in [2.05, 4.69) is 10.3 Å². The number of para-hydroxylation sites is 1. The first kappa shape index (κ1) is 17.8. The number of aliphatic imine (C=N–C) groups is 1. The summed E-state index contributed by atoms with van der Waals surface area (Å²) >= 11 is 7.38. The van der Waals surface area contributed by atoms with E-state index in [-0.39, 0.29) is 22.9 Å². The van der Waals surface area contributed by atoms with E-state index in [0.717, 1.165) is 11.1 Å². The van der Waals surface area contributed by atoms with Crippen LogP contribution in [0.15, 0.2) is 52.7 Å². The average molecular weight is 403 g/mol. The van der Waals surface area contributed by atoms with Gasteiger partial charge >= 0.3 is 0 Å². The van der Waals surface area contributed by atoms with Gasteiger partial charge in [-0.2, -0.15) is 0 Å². The maximum Gasteiger partial charge on any atom is 0.270 e. The van der Waals surface area contributed by atoms with E-state index in [1.807, 2.05) is 18.2 Å². The van der Waals surface area contributed by atoms with Crippen molar-refractivity contribution in [2.24, 2.45) is 10.7 Å². The van der Waals surface area contributed by atoms with Gasteiger partial charge in [0.1, 0.15) is 28.0 Å². The molecule has 0 radical (unpaired) electrons. The summed E-state index contributed by atoms with van der Waals surface area (Å²) in [6.45, 7) is -0.242. The first-order valence-electron chi connectivity index (χ1n) is 8.24. The normalized spacial score (nSPS) is 23.2. The van der Waals surface area contributed by atoms with Gasteiger partial charge < -0.3 is 16.0 Å². The molecule has 9 heteroatoms. The van der Waals surface area contributed by atoms with E-state index in [1.165, 1.54) is 16.7 Å². The van der Waals surface area contributed by atoms with Crippen LogP contribution < -0.4 is 16.0 Å². The highest BCUT2D eigenvalue weighted by Crippen LogP contribution is 2.36. The standard InChI is InChI=1S/C18H15ClN4O3S/c19-14-7-10-6-11(22-17(10)27-14)16(25)21-12-5-9-3-1-2-4-13(9)23(18(12)26)8-15(20)24/h1-4,6-7,12,14H,5,8H2,(H2,20,24)(H,21,25)/t12-,14+/m0/s1. The fraction of sp³-hybridized carbons (Fsp3) is 0.222. The predicted octanol–water partition coefficient (Wildman–Crippen LogP) is 1.08. The van der Waals surface area contributed by atoms with Crippen molar-refractivity contribution < 1.29 is 14.4 Å². The van der Waals surface area contributed by atoms with Crippen molar-refractivity contribution in [1.82, 2.24) is 5.32 Å². The highest BCUT2D eigenvalue weighted by atomic mass is 35.5. The lowest BCUT2D eigenvalue weighted by molar-refractivity contribution is -0.127. The van der Waals surface area contributed by atoms with Gasteiger partial charge in [-0.15, -0.1) is 11.6 Å². The number of hydrogen-bond donors (Lipinski definition) is 2. The molecule has 0 aromatic heterocycles. The second-order valence-corrected chi connectivity index (χ2v) is 8.15. The summed E-state index contributed by atoms with van der Waals surface area (Å²) in [4.78, 5) is 42.4. The molecule has 3 heterocycles. The molecule has 4 rings (SSSR count). The third kappa shape index (κ3) is 3.38. The van der Waals surface area contributed by atoms with Crippen molar-refractivity contribution in [3.63, 3.8) is 0 Å². The molecule has 27 heavy (non-hydrogen) atoms. The van der Waals surface area contributed by atoms with E-state index < -0.39 is 17.9 Å². The number of nitrogens with one attached hydrogen (secondary N) is 1. The Balaban J connectivity index is 1.55. The molecule has 138 valence electrons. The topological polar surface area (TPSA) is 105 Å². The van der Waals surface area contributed by atoms with Crippen LogP contribution >= 0.6 is 23.4 Å². The summed E-state index contributed by atoms with van der Waals surface area (Å²) in [6.07, 6.45) is 3.81. The number of alkyl halides is 1. The number of amides is 3. The van der Waals surface area contributed by atoms with E-state index in [1.54, 1.807) is 18.2 Å². The van der Waals surface area contributed by atoms with E-state index in [0.29, 0.717) is 17.2 Å². The Hall–Kier alpha value is -2.58. The number of benzene rings is 1. The second kappa shape index (κ2) is 6.86. The van der Waals surface area contributed by atoms with Gasteiger partial charge in [0.2, 0.25) is 11.8 Å². The molecule has 3 N–H and O–H groups in total. The summed E-state index contributed by atoms with van der Waals surface area (Å²) in [5.74, 6) is -1.44. The van der Waals surface area contributed by atoms with Crippen LogP contribution in [0.4, 0.5) is 5.69 Å². The maximum atomic E-state index is 12.8. The van der Waals surface area contributed by atoms with Crippen LogP contribution in [-0.4, -0.2) is 40.1 Å². The zero-order valence-electron chi connectivity index (χ0n) is 14.0. The number of hydrogen-bond acceptors (Lipinski definition) is 5. The zero-order chi connectivity index (χ0) is 19.1. The Morgan fingerprint density at radius 2 is 2.15 bits per heavy atom. The molecular formula is C18H15ClN4O3S. The first-order valence-corrected chi connectivity index (χ1v) is 9.56. The minimum absolute atomic E-state index is 0.182. The van der Waals surface area contributed by atoms with Crippen molar-refractivity contribution >= 4 is 51.8 Å². The Morgan fingerprint density at radius 1 is 1.37 bits per heavy atom. The fourth-order valence-electron chi connectivity index (χ4n) is 3.25. The quantitative estimate of drug-likeness (QED) is 0.735. The minimum Gasteiger partial charge on any atom is -0.368 e. The molecule has 3 amide bonds. The molecule has 7 nitrogen and oxygen atoms in total. The average Bonchev–Trinajstić information content (AvgIpc) is 3.15. The van der Waals surface area contributed by atoms with Gasteiger partial charge in [-0.25, -0.2) is 4.99 Å². The maximum absolute atomic E-state index is 12.8. The molecule has 3 aliphatic heterocycles.